The Morgan fingerprint density at radius 2 is 1.80 bits per heavy atom. The Balaban J connectivity index is 1.50. The van der Waals surface area contributed by atoms with E-state index in [4.69, 9.17) is 0 Å². The number of ether oxygens (including phenoxy) is 1. The molecule has 30 heavy (non-hydrogen) atoms. The number of aromatic nitrogens is 1. The highest BCUT2D eigenvalue weighted by Crippen LogP contribution is 2.17. The molecule has 0 aliphatic rings. The number of H-pyrrole nitrogens is 1. The van der Waals surface area contributed by atoms with Gasteiger partial charge in [-0.25, -0.2) is 4.79 Å². The molecule has 1 heterocycles. The highest BCUT2D eigenvalue weighted by Gasteiger charge is 2.09. The maximum atomic E-state index is 12.3. The molecule has 0 atom stereocenters. The van der Waals surface area contributed by atoms with Gasteiger partial charge in [0.2, 0.25) is 5.91 Å². The summed E-state index contributed by atoms with van der Waals surface area (Å²) in [5.41, 5.74) is 3.36. The maximum Gasteiger partial charge on any atom is 0.337 e. The van der Waals surface area contributed by atoms with E-state index in [0.717, 1.165) is 16.5 Å². The van der Waals surface area contributed by atoms with E-state index < -0.39 is 11.9 Å². The molecule has 0 radical (unpaired) electrons. The minimum Gasteiger partial charge on any atom is -0.465 e. The van der Waals surface area contributed by atoms with Crippen LogP contribution >= 0.6 is 0 Å². The van der Waals surface area contributed by atoms with Crippen molar-refractivity contribution in [3.63, 3.8) is 0 Å². The Hall–Kier alpha value is -3.87. The van der Waals surface area contributed by atoms with Crippen molar-refractivity contribution in [2.45, 2.75) is 13.3 Å². The Kier molecular flexibility index (Phi) is 6.64. The van der Waals surface area contributed by atoms with Gasteiger partial charge in [-0.2, -0.15) is 0 Å². The third kappa shape index (κ3) is 5.14. The zero-order valence-electron chi connectivity index (χ0n) is 16.8. The number of methoxy groups -OCH3 is 1. The van der Waals surface area contributed by atoms with E-state index in [9.17, 15) is 14.4 Å². The van der Waals surface area contributed by atoms with Crippen LogP contribution in [0.15, 0.2) is 66.4 Å². The molecule has 0 spiro atoms. The first-order chi connectivity index (χ1) is 14.5. The van der Waals surface area contributed by atoms with Crippen molar-refractivity contribution in [1.82, 2.24) is 10.3 Å². The normalized spacial score (nSPS) is 11.2. The van der Waals surface area contributed by atoms with Gasteiger partial charge < -0.3 is 20.4 Å². The predicted octanol–water partition coefficient (Wildman–Crippen LogP) is 3.20. The van der Waals surface area contributed by atoms with Crippen molar-refractivity contribution in [2.24, 2.45) is 0 Å². The van der Waals surface area contributed by atoms with Gasteiger partial charge in [-0.05, 0) is 49.2 Å². The molecule has 3 N–H and O–H groups in total. The zero-order valence-corrected chi connectivity index (χ0v) is 16.8. The number of hydrogen-bond acceptors (Lipinski definition) is 4. The molecule has 0 bridgehead atoms. The summed E-state index contributed by atoms with van der Waals surface area (Å²) < 4.78 is 4.63. The molecule has 7 nitrogen and oxygen atoms in total. The van der Waals surface area contributed by atoms with E-state index >= 15 is 0 Å². The van der Waals surface area contributed by atoms with E-state index in [1.165, 1.54) is 13.2 Å². The summed E-state index contributed by atoms with van der Waals surface area (Å²) in [5, 5.41) is 6.62. The van der Waals surface area contributed by atoms with Crippen LogP contribution in [0, 0.1) is 0 Å². The van der Waals surface area contributed by atoms with Crippen LogP contribution in [0.25, 0.3) is 10.9 Å². The quantitative estimate of drug-likeness (QED) is 0.415. The van der Waals surface area contributed by atoms with Crippen LogP contribution < -0.4 is 10.6 Å². The van der Waals surface area contributed by atoms with Crippen LogP contribution in [0.3, 0.4) is 0 Å². The van der Waals surface area contributed by atoms with E-state index in [2.05, 4.69) is 20.4 Å². The first-order valence-corrected chi connectivity index (χ1v) is 9.49. The van der Waals surface area contributed by atoms with Crippen LogP contribution in [0.5, 0.6) is 0 Å². The van der Waals surface area contributed by atoms with Crippen molar-refractivity contribution in [3.8, 4) is 0 Å². The van der Waals surface area contributed by atoms with Crippen molar-refractivity contribution in [3.05, 3.63) is 77.5 Å². The molecular formula is C23H23N3O4. The minimum absolute atomic E-state index is 0.275. The summed E-state index contributed by atoms with van der Waals surface area (Å²) in [6.07, 6.45) is 3.89. The molecule has 2 aromatic carbocycles. The fourth-order valence-corrected chi connectivity index (χ4v) is 3.01. The summed E-state index contributed by atoms with van der Waals surface area (Å²) in [7, 11) is 1.30. The third-order valence-corrected chi connectivity index (χ3v) is 4.64. The summed E-state index contributed by atoms with van der Waals surface area (Å²) >= 11 is 0. The molecule has 0 saturated heterocycles. The lowest BCUT2D eigenvalue weighted by atomic mass is 10.1. The number of amides is 2. The number of carbonyl (C=O) groups excluding carboxylic acids is 3. The van der Waals surface area contributed by atoms with Gasteiger partial charge in [0.1, 0.15) is 0 Å². The molecule has 0 aliphatic carbocycles. The van der Waals surface area contributed by atoms with Crippen LogP contribution in [-0.2, 0) is 20.7 Å². The smallest absolute Gasteiger partial charge is 0.337 e. The molecule has 3 aromatic rings. The Morgan fingerprint density at radius 3 is 2.53 bits per heavy atom. The number of rotatable bonds is 7. The lowest BCUT2D eigenvalue weighted by molar-refractivity contribution is -0.117. The maximum absolute atomic E-state index is 12.3. The summed E-state index contributed by atoms with van der Waals surface area (Å²) in [6.45, 7) is 2.03. The van der Waals surface area contributed by atoms with Gasteiger partial charge in [0.25, 0.3) is 5.91 Å². The molecule has 2 amide bonds. The second-order valence-electron chi connectivity index (χ2n) is 6.75. The van der Waals surface area contributed by atoms with E-state index in [1.807, 2.05) is 30.5 Å². The molecular weight excluding hydrogens is 382 g/mol. The number of esters is 1. The molecule has 0 saturated carbocycles. The number of hydrogen-bond donors (Lipinski definition) is 3. The lowest BCUT2D eigenvalue weighted by Crippen LogP contribution is -2.25. The van der Waals surface area contributed by atoms with Crippen molar-refractivity contribution >= 4 is 34.4 Å². The fraction of sp³-hybridized carbons (Fsp3) is 0.174. The van der Waals surface area contributed by atoms with Gasteiger partial charge in [-0.1, -0.05) is 18.2 Å². The summed E-state index contributed by atoms with van der Waals surface area (Å²) in [5.74, 6) is -1.18. The molecule has 0 unspecified atom stereocenters. The first kappa shape index (κ1) is 20.9. The van der Waals surface area contributed by atoms with E-state index in [1.54, 1.807) is 31.2 Å². The second kappa shape index (κ2) is 9.56. The van der Waals surface area contributed by atoms with Gasteiger partial charge in [0.15, 0.2) is 0 Å². The highest BCUT2D eigenvalue weighted by molar-refractivity contribution is 6.07. The van der Waals surface area contributed by atoms with Gasteiger partial charge in [-0.15, -0.1) is 0 Å². The minimum atomic E-state index is -0.451. The number of carbonyl (C=O) groups is 3. The van der Waals surface area contributed by atoms with Gasteiger partial charge in [0, 0.05) is 41.0 Å². The monoisotopic (exact) mass is 405 g/mol. The van der Waals surface area contributed by atoms with Crippen molar-refractivity contribution < 1.29 is 19.1 Å². The number of aromatic amines is 1. The van der Waals surface area contributed by atoms with Gasteiger partial charge >= 0.3 is 5.97 Å². The number of anilines is 1. The number of para-hydroxylation sites is 1. The SMILES string of the molecule is COC(=O)c1ccc(NC(=O)/C(C)=C/C(=O)NCCc2c[nH]c3ccccc23)cc1. The second-order valence-corrected chi connectivity index (χ2v) is 6.75. The van der Waals surface area contributed by atoms with Crippen LogP contribution in [0.4, 0.5) is 5.69 Å². The largest absolute Gasteiger partial charge is 0.465 e. The Morgan fingerprint density at radius 1 is 1.07 bits per heavy atom. The first-order valence-electron chi connectivity index (χ1n) is 9.49. The topological polar surface area (TPSA) is 100 Å². The van der Waals surface area contributed by atoms with Crippen molar-refractivity contribution in [1.29, 1.82) is 0 Å². The standard InChI is InChI=1S/C23H23N3O4/c1-15(22(28)26-18-9-7-16(8-10-18)23(29)30-2)13-21(27)24-12-11-17-14-25-20-6-4-3-5-19(17)20/h3-10,13-14,25H,11-12H2,1-2H3,(H,24,27)(H,26,28)/b15-13+. The molecule has 1 aromatic heterocycles. The van der Waals surface area contributed by atoms with Crippen molar-refractivity contribution in [2.75, 3.05) is 19.0 Å². The van der Waals surface area contributed by atoms with Gasteiger partial charge in [-0.3, -0.25) is 9.59 Å². The summed E-state index contributed by atoms with van der Waals surface area (Å²) in [6, 6.07) is 14.3. The Labute approximate surface area is 174 Å². The summed E-state index contributed by atoms with van der Waals surface area (Å²) in [4.78, 5) is 39.0. The fourth-order valence-electron chi connectivity index (χ4n) is 3.01. The lowest BCUT2D eigenvalue weighted by Gasteiger charge is -2.07. The number of benzene rings is 2. The molecule has 7 heteroatoms. The van der Waals surface area contributed by atoms with Crippen LogP contribution in [-0.4, -0.2) is 36.4 Å². The average Bonchev–Trinajstić information content (AvgIpc) is 3.17. The van der Waals surface area contributed by atoms with Crippen LogP contribution in [0.1, 0.15) is 22.8 Å². The molecule has 154 valence electrons. The Bertz CT molecular complexity index is 1100. The van der Waals surface area contributed by atoms with Crippen LogP contribution in [0.2, 0.25) is 0 Å². The highest BCUT2D eigenvalue weighted by atomic mass is 16.5. The number of nitrogens with one attached hydrogen (secondary N) is 3. The average molecular weight is 405 g/mol. The molecule has 0 fully saturated rings. The van der Waals surface area contributed by atoms with E-state index in [0.29, 0.717) is 24.2 Å². The molecule has 3 rings (SSSR count). The number of fused-ring (bicyclic) bond motifs is 1. The molecule has 0 aliphatic heterocycles. The third-order valence-electron chi connectivity index (χ3n) is 4.64. The van der Waals surface area contributed by atoms with E-state index in [-0.39, 0.29) is 11.5 Å². The van der Waals surface area contributed by atoms with Gasteiger partial charge in [0.05, 0.1) is 12.7 Å². The predicted molar refractivity (Wildman–Crippen MR) is 115 cm³/mol. The zero-order chi connectivity index (χ0) is 21.5.